The summed E-state index contributed by atoms with van der Waals surface area (Å²) in [5, 5.41) is 4.10. The first-order chi connectivity index (χ1) is 24.8. The SMILES string of the molecule is c1ccc(-c2nc(-c3ccccc3)nc(-c3ccc(-c4cccc(-c5nc6ccc7oc8ccccc8c7c6o5)c4)c4ccccc34)n2)cc1. The summed E-state index contributed by atoms with van der Waals surface area (Å²) in [6, 6.07) is 53.1. The Hall–Kier alpha value is -6.92. The largest absolute Gasteiger partial charge is 0.456 e. The second-order valence-electron chi connectivity index (χ2n) is 12.2. The van der Waals surface area contributed by atoms with Crippen LogP contribution in [-0.4, -0.2) is 19.9 Å². The van der Waals surface area contributed by atoms with E-state index in [2.05, 4.69) is 60.7 Å². The van der Waals surface area contributed by atoms with Crippen molar-refractivity contribution in [1.29, 1.82) is 0 Å². The van der Waals surface area contributed by atoms with E-state index in [1.54, 1.807) is 0 Å². The Balaban J connectivity index is 1.10. The van der Waals surface area contributed by atoms with Crippen LogP contribution in [0.3, 0.4) is 0 Å². The van der Waals surface area contributed by atoms with Crippen LogP contribution in [0.25, 0.3) is 101 Å². The molecule has 6 heteroatoms. The fourth-order valence-electron chi connectivity index (χ4n) is 6.81. The standard InChI is InChI=1S/C44H26N4O2/c1-3-12-27(13-4-1)41-46-42(28-14-5-2-6-15-28)48-43(47-41)34-23-22-31(32-18-7-8-19-33(32)34)29-16-11-17-30(26-29)44-45-36-24-25-38-39(40(36)50-44)35-20-9-10-21-37(35)49-38/h1-26H. The average Bonchev–Trinajstić information content (AvgIpc) is 3.80. The number of hydrogen-bond acceptors (Lipinski definition) is 6. The predicted octanol–water partition coefficient (Wildman–Crippen LogP) is 11.4. The molecule has 7 aromatic carbocycles. The molecule has 3 heterocycles. The minimum absolute atomic E-state index is 0.563. The van der Waals surface area contributed by atoms with Crippen LogP contribution in [0.5, 0.6) is 0 Å². The number of rotatable bonds is 5. The molecule has 0 spiro atoms. The lowest BCUT2D eigenvalue weighted by atomic mass is 9.94. The maximum absolute atomic E-state index is 6.49. The third-order valence-electron chi connectivity index (χ3n) is 9.18. The van der Waals surface area contributed by atoms with Crippen molar-refractivity contribution in [3.05, 3.63) is 158 Å². The molecule has 10 rings (SSSR count). The molecule has 0 atom stereocenters. The van der Waals surface area contributed by atoms with Crippen LogP contribution in [0.15, 0.2) is 167 Å². The van der Waals surface area contributed by atoms with Crippen LogP contribution >= 0.6 is 0 Å². The van der Waals surface area contributed by atoms with Gasteiger partial charge in [-0.15, -0.1) is 0 Å². The average molecular weight is 643 g/mol. The van der Waals surface area contributed by atoms with E-state index in [4.69, 9.17) is 28.8 Å². The Kier molecular flexibility index (Phi) is 6.39. The van der Waals surface area contributed by atoms with Crippen molar-refractivity contribution < 1.29 is 8.83 Å². The summed E-state index contributed by atoms with van der Waals surface area (Å²) in [5.41, 5.74) is 8.98. The highest BCUT2D eigenvalue weighted by atomic mass is 16.4. The van der Waals surface area contributed by atoms with Crippen molar-refractivity contribution in [2.45, 2.75) is 0 Å². The monoisotopic (exact) mass is 642 g/mol. The number of aromatic nitrogens is 4. The highest BCUT2D eigenvalue weighted by molar-refractivity contribution is 6.16. The number of nitrogens with zero attached hydrogens (tertiary/aromatic N) is 4. The van der Waals surface area contributed by atoms with Crippen LogP contribution < -0.4 is 0 Å². The quantitative estimate of drug-likeness (QED) is 0.186. The van der Waals surface area contributed by atoms with Gasteiger partial charge in [-0.1, -0.05) is 121 Å². The second kappa shape index (κ2) is 11.4. The molecule has 0 saturated carbocycles. The molecule has 10 aromatic rings. The predicted molar refractivity (Wildman–Crippen MR) is 199 cm³/mol. The molecule has 0 aliphatic carbocycles. The van der Waals surface area contributed by atoms with Crippen LogP contribution in [0, 0.1) is 0 Å². The lowest BCUT2D eigenvalue weighted by Gasteiger charge is -2.13. The maximum Gasteiger partial charge on any atom is 0.227 e. The zero-order valence-corrected chi connectivity index (χ0v) is 26.6. The molecule has 0 fully saturated rings. The molecule has 0 aliphatic heterocycles. The van der Waals surface area contributed by atoms with Gasteiger partial charge in [-0.2, -0.15) is 0 Å². The van der Waals surface area contributed by atoms with Crippen molar-refractivity contribution in [2.24, 2.45) is 0 Å². The molecule has 6 nitrogen and oxygen atoms in total. The Labute approximate surface area is 286 Å². The van der Waals surface area contributed by atoms with Crippen molar-refractivity contribution in [1.82, 2.24) is 19.9 Å². The maximum atomic E-state index is 6.49. The first-order valence-corrected chi connectivity index (χ1v) is 16.5. The van der Waals surface area contributed by atoms with Gasteiger partial charge >= 0.3 is 0 Å². The molecule has 0 N–H and O–H groups in total. The zero-order chi connectivity index (χ0) is 33.0. The molecule has 50 heavy (non-hydrogen) atoms. The molecule has 0 aliphatic rings. The van der Waals surface area contributed by atoms with Gasteiger partial charge in [0.15, 0.2) is 23.1 Å². The van der Waals surface area contributed by atoms with Gasteiger partial charge in [-0.25, -0.2) is 19.9 Å². The van der Waals surface area contributed by atoms with Crippen molar-refractivity contribution in [3.63, 3.8) is 0 Å². The number of para-hydroxylation sites is 1. The highest BCUT2D eigenvalue weighted by Crippen LogP contribution is 2.39. The van der Waals surface area contributed by atoms with Crippen LogP contribution in [0.2, 0.25) is 0 Å². The fourth-order valence-corrected chi connectivity index (χ4v) is 6.81. The van der Waals surface area contributed by atoms with Gasteiger partial charge in [-0.3, -0.25) is 0 Å². The zero-order valence-electron chi connectivity index (χ0n) is 26.6. The van der Waals surface area contributed by atoms with Gasteiger partial charge in [0.25, 0.3) is 0 Å². The Morgan fingerprint density at radius 1 is 0.360 bits per heavy atom. The first kappa shape index (κ1) is 28.1. The van der Waals surface area contributed by atoms with E-state index < -0.39 is 0 Å². The lowest BCUT2D eigenvalue weighted by Crippen LogP contribution is -2.00. The van der Waals surface area contributed by atoms with E-state index in [1.807, 2.05) is 97.1 Å². The van der Waals surface area contributed by atoms with Crippen molar-refractivity contribution in [2.75, 3.05) is 0 Å². The number of benzene rings is 7. The van der Waals surface area contributed by atoms with Gasteiger partial charge in [0.05, 0.1) is 5.39 Å². The van der Waals surface area contributed by atoms with Gasteiger partial charge < -0.3 is 8.83 Å². The summed E-state index contributed by atoms with van der Waals surface area (Å²) in [7, 11) is 0. The summed E-state index contributed by atoms with van der Waals surface area (Å²) in [5.74, 6) is 2.45. The van der Waals surface area contributed by atoms with E-state index in [0.717, 1.165) is 77.2 Å². The van der Waals surface area contributed by atoms with Gasteiger partial charge in [0.2, 0.25) is 5.89 Å². The van der Waals surface area contributed by atoms with Crippen LogP contribution in [-0.2, 0) is 0 Å². The Morgan fingerprint density at radius 2 is 0.940 bits per heavy atom. The van der Waals surface area contributed by atoms with Crippen LogP contribution in [0.1, 0.15) is 0 Å². The van der Waals surface area contributed by atoms with Crippen molar-refractivity contribution >= 4 is 43.8 Å². The molecule has 0 radical (unpaired) electrons. The third-order valence-corrected chi connectivity index (χ3v) is 9.18. The second-order valence-corrected chi connectivity index (χ2v) is 12.2. The molecule has 234 valence electrons. The summed E-state index contributed by atoms with van der Waals surface area (Å²) in [4.78, 5) is 19.8. The minimum atomic E-state index is 0.563. The van der Waals surface area contributed by atoms with E-state index in [0.29, 0.717) is 23.4 Å². The smallest absolute Gasteiger partial charge is 0.227 e. The summed E-state index contributed by atoms with van der Waals surface area (Å²) in [6.07, 6.45) is 0. The van der Waals surface area contributed by atoms with E-state index in [-0.39, 0.29) is 0 Å². The van der Waals surface area contributed by atoms with Gasteiger partial charge in [0, 0.05) is 27.6 Å². The normalized spacial score (nSPS) is 11.6. The number of oxazole rings is 1. The Morgan fingerprint density at radius 3 is 1.68 bits per heavy atom. The molecule has 3 aromatic heterocycles. The molecule has 0 bridgehead atoms. The van der Waals surface area contributed by atoms with E-state index in [1.165, 1.54) is 0 Å². The lowest BCUT2D eigenvalue weighted by molar-refractivity contribution is 0.622. The summed E-state index contributed by atoms with van der Waals surface area (Å²) in [6.45, 7) is 0. The van der Waals surface area contributed by atoms with E-state index in [9.17, 15) is 0 Å². The molecular formula is C44H26N4O2. The fraction of sp³-hybridized carbons (Fsp3) is 0. The molecule has 0 saturated heterocycles. The third kappa shape index (κ3) is 4.65. The first-order valence-electron chi connectivity index (χ1n) is 16.5. The van der Waals surface area contributed by atoms with Gasteiger partial charge in [-0.05, 0) is 58.3 Å². The van der Waals surface area contributed by atoms with E-state index >= 15 is 0 Å². The molecule has 0 unspecified atom stereocenters. The molecule has 0 amide bonds. The Bertz CT molecular complexity index is 2820. The van der Waals surface area contributed by atoms with Crippen molar-refractivity contribution in [3.8, 4) is 56.7 Å². The van der Waals surface area contributed by atoms with Gasteiger partial charge in [0.1, 0.15) is 16.7 Å². The topological polar surface area (TPSA) is 77.8 Å². The highest BCUT2D eigenvalue weighted by Gasteiger charge is 2.19. The number of hydrogen-bond donors (Lipinski definition) is 0. The van der Waals surface area contributed by atoms with Crippen LogP contribution in [0.4, 0.5) is 0 Å². The minimum Gasteiger partial charge on any atom is -0.456 e. The molecular weight excluding hydrogens is 617 g/mol. The summed E-state index contributed by atoms with van der Waals surface area (Å²) >= 11 is 0. The number of furan rings is 1. The number of fused-ring (bicyclic) bond motifs is 6. The summed E-state index contributed by atoms with van der Waals surface area (Å²) < 4.78 is 12.6.